The monoisotopic (exact) mass is 225 g/mol. The van der Waals surface area contributed by atoms with E-state index in [0.29, 0.717) is 6.04 Å². The quantitative estimate of drug-likeness (QED) is 0.746. The van der Waals surface area contributed by atoms with E-state index < -0.39 is 0 Å². The summed E-state index contributed by atoms with van der Waals surface area (Å²) in [5.74, 6) is 0.773. The summed E-state index contributed by atoms with van der Waals surface area (Å²) in [5, 5.41) is 8.00. The molecule has 0 aliphatic carbocycles. The number of thiophene rings is 1. The van der Waals surface area contributed by atoms with Crippen LogP contribution in [0.5, 0.6) is 0 Å². The average Bonchev–Trinajstić information content (AvgIpc) is 2.75. The van der Waals surface area contributed by atoms with Crippen LogP contribution in [-0.4, -0.2) is 12.6 Å². The van der Waals surface area contributed by atoms with Crippen LogP contribution in [0.1, 0.15) is 39.2 Å². The van der Waals surface area contributed by atoms with Crippen LogP contribution in [0.25, 0.3) is 0 Å². The minimum atomic E-state index is 0.689. The van der Waals surface area contributed by atoms with Gasteiger partial charge >= 0.3 is 0 Å². The van der Waals surface area contributed by atoms with E-state index in [2.05, 4.69) is 42.9 Å². The summed E-state index contributed by atoms with van der Waals surface area (Å²) in [6, 6.07) is 2.93. The van der Waals surface area contributed by atoms with Crippen LogP contribution in [0.2, 0.25) is 0 Å². The SMILES string of the molecule is CCNC(CC)C(C)CCc1ccsc1. The highest BCUT2D eigenvalue weighted by atomic mass is 32.1. The van der Waals surface area contributed by atoms with E-state index in [-0.39, 0.29) is 0 Å². The molecule has 0 aromatic carbocycles. The van der Waals surface area contributed by atoms with Gasteiger partial charge < -0.3 is 5.32 Å². The third kappa shape index (κ3) is 4.35. The number of hydrogen-bond acceptors (Lipinski definition) is 2. The first-order valence-corrected chi connectivity index (χ1v) is 6.96. The molecule has 0 amide bonds. The Balaban J connectivity index is 2.30. The van der Waals surface area contributed by atoms with Gasteiger partial charge in [-0.15, -0.1) is 0 Å². The Morgan fingerprint density at radius 1 is 1.40 bits per heavy atom. The van der Waals surface area contributed by atoms with E-state index in [1.165, 1.54) is 24.8 Å². The highest BCUT2D eigenvalue weighted by molar-refractivity contribution is 7.07. The molecule has 0 spiro atoms. The molecule has 15 heavy (non-hydrogen) atoms. The fraction of sp³-hybridized carbons (Fsp3) is 0.692. The van der Waals surface area contributed by atoms with Gasteiger partial charge in [0.05, 0.1) is 0 Å². The van der Waals surface area contributed by atoms with Gasteiger partial charge in [0.15, 0.2) is 0 Å². The fourth-order valence-electron chi connectivity index (χ4n) is 2.04. The molecule has 0 fully saturated rings. The lowest BCUT2D eigenvalue weighted by atomic mass is 9.93. The molecule has 2 unspecified atom stereocenters. The summed E-state index contributed by atoms with van der Waals surface area (Å²) in [6.07, 6.45) is 3.76. The topological polar surface area (TPSA) is 12.0 Å². The van der Waals surface area contributed by atoms with Gasteiger partial charge in [-0.25, -0.2) is 0 Å². The summed E-state index contributed by atoms with van der Waals surface area (Å²) in [5.41, 5.74) is 1.50. The van der Waals surface area contributed by atoms with Crippen molar-refractivity contribution in [2.24, 2.45) is 5.92 Å². The smallest absolute Gasteiger partial charge is 0.00900 e. The highest BCUT2D eigenvalue weighted by Crippen LogP contribution is 2.16. The molecule has 0 saturated carbocycles. The van der Waals surface area contributed by atoms with E-state index in [4.69, 9.17) is 0 Å². The maximum Gasteiger partial charge on any atom is 0.00900 e. The Bertz CT molecular complexity index is 243. The molecule has 0 saturated heterocycles. The third-order valence-corrected chi connectivity index (χ3v) is 3.79. The van der Waals surface area contributed by atoms with Crippen LogP contribution in [-0.2, 0) is 6.42 Å². The molecular weight excluding hydrogens is 202 g/mol. The minimum absolute atomic E-state index is 0.689. The standard InChI is InChI=1S/C13H23NS/c1-4-13(14-5-2)11(3)6-7-12-8-9-15-10-12/h8-11,13-14H,4-7H2,1-3H3. The predicted molar refractivity (Wildman–Crippen MR) is 69.6 cm³/mol. The first kappa shape index (κ1) is 12.7. The average molecular weight is 225 g/mol. The second-order valence-electron chi connectivity index (χ2n) is 4.22. The zero-order valence-corrected chi connectivity index (χ0v) is 10.9. The second kappa shape index (κ2) is 7.02. The molecule has 0 aliphatic heterocycles. The van der Waals surface area contributed by atoms with Crippen LogP contribution in [0, 0.1) is 5.92 Å². The number of hydrogen-bond donors (Lipinski definition) is 1. The van der Waals surface area contributed by atoms with Crippen molar-refractivity contribution < 1.29 is 0 Å². The van der Waals surface area contributed by atoms with Gasteiger partial charge in [-0.2, -0.15) is 11.3 Å². The molecule has 86 valence electrons. The lowest BCUT2D eigenvalue weighted by molar-refractivity contribution is 0.354. The van der Waals surface area contributed by atoms with Crippen molar-refractivity contribution in [3.63, 3.8) is 0 Å². The van der Waals surface area contributed by atoms with Gasteiger partial charge in [0, 0.05) is 6.04 Å². The van der Waals surface area contributed by atoms with E-state index in [1.54, 1.807) is 11.3 Å². The summed E-state index contributed by atoms with van der Waals surface area (Å²) in [7, 11) is 0. The molecule has 0 bridgehead atoms. The number of rotatable bonds is 7. The van der Waals surface area contributed by atoms with Crippen molar-refractivity contribution in [2.45, 2.75) is 46.1 Å². The molecule has 1 N–H and O–H groups in total. The summed E-state index contributed by atoms with van der Waals surface area (Å²) in [4.78, 5) is 0. The Morgan fingerprint density at radius 2 is 2.20 bits per heavy atom. The molecule has 1 aromatic rings. The second-order valence-corrected chi connectivity index (χ2v) is 5.00. The minimum Gasteiger partial charge on any atom is -0.314 e. The lowest BCUT2D eigenvalue weighted by Gasteiger charge is -2.23. The normalized spacial score (nSPS) is 15.1. The van der Waals surface area contributed by atoms with Crippen LogP contribution in [0.3, 0.4) is 0 Å². The van der Waals surface area contributed by atoms with Gasteiger partial charge in [0.2, 0.25) is 0 Å². The van der Waals surface area contributed by atoms with E-state index >= 15 is 0 Å². The number of nitrogens with one attached hydrogen (secondary N) is 1. The zero-order valence-electron chi connectivity index (χ0n) is 10.1. The Morgan fingerprint density at radius 3 is 2.73 bits per heavy atom. The van der Waals surface area contributed by atoms with Gasteiger partial charge in [0.25, 0.3) is 0 Å². The molecule has 2 atom stereocenters. The van der Waals surface area contributed by atoms with E-state index in [0.717, 1.165) is 12.5 Å². The van der Waals surface area contributed by atoms with Crippen molar-refractivity contribution in [1.82, 2.24) is 5.32 Å². The van der Waals surface area contributed by atoms with E-state index in [9.17, 15) is 0 Å². The van der Waals surface area contributed by atoms with Crippen molar-refractivity contribution in [3.05, 3.63) is 22.4 Å². The Labute approximate surface area is 97.9 Å². The fourth-order valence-corrected chi connectivity index (χ4v) is 2.74. The lowest BCUT2D eigenvalue weighted by Crippen LogP contribution is -2.34. The predicted octanol–water partition coefficient (Wildman–Crippen LogP) is 3.70. The first-order valence-electron chi connectivity index (χ1n) is 6.02. The van der Waals surface area contributed by atoms with Crippen molar-refractivity contribution in [2.75, 3.05) is 6.54 Å². The van der Waals surface area contributed by atoms with Gasteiger partial charge in [-0.05, 0) is 54.1 Å². The van der Waals surface area contributed by atoms with Crippen LogP contribution >= 0.6 is 11.3 Å². The molecular formula is C13H23NS. The third-order valence-electron chi connectivity index (χ3n) is 3.06. The molecule has 2 heteroatoms. The molecule has 1 aromatic heterocycles. The van der Waals surface area contributed by atoms with Gasteiger partial charge in [-0.3, -0.25) is 0 Å². The maximum absolute atomic E-state index is 3.56. The van der Waals surface area contributed by atoms with E-state index in [1.807, 2.05) is 0 Å². The molecule has 1 heterocycles. The zero-order chi connectivity index (χ0) is 11.1. The summed E-state index contributed by atoms with van der Waals surface area (Å²) in [6.45, 7) is 7.91. The molecule has 1 rings (SSSR count). The number of aryl methyl sites for hydroxylation is 1. The van der Waals surface area contributed by atoms with Gasteiger partial charge in [-0.1, -0.05) is 20.8 Å². The molecule has 0 aliphatic rings. The molecule has 0 radical (unpaired) electrons. The summed E-state index contributed by atoms with van der Waals surface area (Å²) >= 11 is 1.80. The van der Waals surface area contributed by atoms with Crippen molar-refractivity contribution in [1.29, 1.82) is 0 Å². The Kier molecular flexibility index (Phi) is 5.96. The van der Waals surface area contributed by atoms with Crippen LogP contribution in [0.15, 0.2) is 16.8 Å². The van der Waals surface area contributed by atoms with Crippen molar-refractivity contribution >= 4 is 11.3 Å². The highest BCUT2D eigenvalue weighted by Gasteiger charge is 2.13. The largest absolute Gasteiger partial charge is 0.314 e. The van der Waals surface area contributed by atoms with Crippen LogP contribution in [0.4, 0.5) is 0 Å². The van der Waals surface area contributed by atoms with Crippen molar-refractivity contribution in [3.8, 4) is 0 Å². The first-order chi connectivity index (χ1) is 7.27. The summed E-state index contributed by atoms with van der Waals surface area (Å²) < 4.78 is 0. The van der Waals surface area contributed by atoms with Gasteiger partial charge in [0.1, 0.15) is 0 Å². The Hall–Kier alpha value is -0.340. The maximum atomic E-state index is 3.56. The van der Waals surface area contributed by atoms with Crippen LogP contribution < -0.4 is 5.32 Å². The molecule has 1 nitrogen and oxygen atoms in total.